The molecule has 1 amide bonds. The molecule has 0 aromatic carbocycles. The summed E-state index contributed by atoms with van der Waals surface area (Å²) in [5.41, 5.74) is 4.98. The van der Waals surface area contributed by atoms with E-state index in [1.54, 1.807) is 42.1 Å². The van der Waals surface area contributed by atoms with Crippen LogP contribution in [0.15, 0.2) is 50.0 Å². The van der Waals surface area contributed by atoms with Crippen LogP contribution in [0.5, 0.6) is 0 Å². The number of pyridine rings is 2. The molecule has 0 saturated heterocycles. The van der Waals surface area contributed by atoms with Gasteiger partial charge >= 0.3 is 0 Å². The highest BCUT2D eigenvalue weighted by atomic mass is 32.1. The van der Waals surface area contributed by atoms with E-state index in [1.165, 1.54) is 0 Å². The molecule has 3 aromatic heterocycles. The van der Waals surface area contributed by atoms with Crippen molar-refractivity contribution in [1.29, 1.82) is 0 Å². The van der Waals surface area contributed by atoms with Crippen molar-refractivity contribution < 1.29 is 4.79 Å². The van der Waals surface area contributed by atoms with E-state index >= 15 is 0 Å². The Kier molecular flexibility index (Phi) is 5.28. The summed E-state index contributed by atoms with van der Waals surface area (Å²) in [6.07, 6.45) is 6.71. The molecule has 3 aromatic rings. The number of nitrogens with one attached hydrogen (secondary N) is 1. The van der Waals surface area contributed by atoms with Crippen molar-refractivity contribution in [2.45, 2.75) is 20.8 Å². The van der Waals surface area contributed by atoms with E-state index in [-0.39, 0.29) is 5.91 Å². The molecule has 0 aliphatic heterocycles. The van der Waals surface area contributed by atoms with Gasteiger partial charge in [0.1, 0.15) is 10.8 Å². The Bertz CT molecular complexity index is 1030. The maximum Gasteiger partial charge on any atom is 0.258 e. The second-order valence-corrected chi connectivity index (χ2v) is 7.37. The first-order valence-electron chi connectivity index (χ1n) is 8.38. The van der Waals surface area contributed by atoms with Gasteiger partial charge < -0.3 is 5.32 Å². The normalized spacial score (nSPS) is 10.5. The number of carbonyl (C=O) groups excluding carboxylic acids is 1. The minimum Gasteiger partial charge on any atom is -0.307 e. The minimum atomic E-state index is -0.224. The van der Waals surface area contributed by atoms with Crippen LogP contribution < -0.4 is 5.32 Å². The first-order chi connectivity index (χ1) is 12.9. The van der Waals surface area contributed by atoms with Crippen LogP contribution in [-0.2, 0) is 0 Å². The predicted molar refractivity (Wildman–Crippen MR) is 111 cm³/mol. The standard InChI is InChI=1S/C21H20N4OS/c1-6-12(2)21-25-19(15(5)27-21)16-7-8-18(23-10-16)24-20(26)17-11-22-9-13(3)14(17)4/h6-11H,1-2H2,3-5H3,(H,23,24,26). The molecule has 1 N–H and O–H groups in total. The third-order valence-electron chi connectivity index (χ3n) is 4.31. The summed E-state index contributed by atoms with van der Waals surface area (Å²) < 4.78 is 0. The maximum absolute atomic E-state index is 12.5. The van der Waals surface area contributed by atoms with Gasteiger partial charge in [-0.2, -0.15) is 0 Å². The summed E-state index contributed by atoms with van der Waals surface area (Å²) in [4.78, 5) is 26.6. The Labute approximate surface area is 162 Å². The van der Waals surface area contributed by atoms with Crippen molar-refractivity contribution in [2.75, 3.05) is 5.32 Å². The lowest BCUT2D eigenvalue weighted by Gasteiger charge is -2.08. The molecule has 0 fully saturated rings. The first kappa shape index (κ1) is 18.7. The Balaban J connectivity index is 1.81. The fourth-order valence-electron chi connectivity index (χ4n) is 2.54. The van der Waals surface area contributed by atoms with E-state index in [0.29, 0.717) is 11.4 Å². The van der Waals surface area contributed by atoms with E-state index in [4.69, 9.17) is 0 Å². The molecule has 5 nitrogen and oxygen atoms in total. The van der Waals surface area contributed by atoms with Crippen LogP contribution in [0.4, 0.5) is 5.82 Å². The van der Waals surface area contributed by atoms with Crippen LogP contribution in [-0.4, -0.2) is 20.9 Å². The fourth-order valence-corrected chi connectivity index (χ4v) is 3.44. The number of aryl methyl sites for hydroxylation is 2. The Hall–Kier alpha value is -3.12. The van der Waals surface area contributed by atoms with Crippen molar-refractivity contribution in [3.8, 4) is 11.3 Å². The molecule has 0 saturated carbocycles. The Morgan fingerprint density at radius 2 is 1.96 bits per heavy atom. The molecule has 0 aliphatic carbocycles. The number of amides is 1. The highest BCUT2D eigenvalue weighted by Gasteiger charge is 2.14. The molecule has 0 aliphatic rings. The topological polar surface area (TPSA) is 67.8 Å². The van der Waals surface area contributed by atoms with Crippen molar-refractivity contribution in [3.63, 3.8) is 0 Å². The number of hydrogen-bond donors (Lipinski definition) is 1. The molecule has 3 rings (SSSR count). The fraction of sp³-hybridized carbons (Fsp3) is 0.143. The minimum absolute atomic E-state index is 0.224. The van der Waals surface area contributed by atoms with Gasteiger partial charge in [-0.25, -0.2) is 9.97 Å². The predicted octanol–water partition coefficient (Wildman–Crippen LogP) is 4.98. The lowest BCUT2D eigenvalue weighted by molar-refractivity contribution is 0.102. The molecule has 0 spiro atoms. The molecule has 0 radical (unpaired) electrons. The third kappa shape index (κ3) is 3.85. The van der Waals surface area contributed by atoms with E-state index in [1.807, 2.05) is 26.8 Å². The monoisotopic (exact) mass is 376 g/mol. The number of nitrogens with zero attached hydrogens (tertiary/aromatic N) is 3. The summed E-state index contributed by atoms with van der Waals surface area (Å²) in [6.45, 7) is 13.5. The summed E-state index contributed by atoms with van der Waals surface area (Å²) in [5, 5.41) is 3.66. The van der Waals surface area contributed by atoms with Gasteiger partial charge in [-0.05, 0) is 44.0 Å². The molecular formula is C21H20N4OS. The SMILES string of the molecule is C=CC(=C)c1nc(-c2ccc(NC(=O)c3cncc(C)c3C)nc2)c(C)s1. The van der Waals surface area contributed by atoms with Crippen LogP contribution >= 0.6 is 11.3 Å². The van der Waals surface area contributed by atoms with Gasteiger partial charge in [0.25, 0.3) is 5.91 Å². The van der Waals surface area contributed by atoms with E-state index in [9.17, 15) is 4.79 Å². The molecule has 0 bridgehead atoms. The van der Waals surface area contributed by atoms with Crippen LogP contribution in [0.25, 0.3) is 16.8 Å². The highest BCUT2D eigenvalue weighted by Crippen LogP contribution is 2.30. The highest BCUT2D eigenvalue weighted by molar-refractivity contribution is 7.13. The van der Waals surface area contributed by atoms with Crippen LogP contribution in [0, 0.1) is 20.8 Å². The molecular weight excluding hydrogens is 356 g/mol. The van der Waals surface area contributed by atoms with Gasteiger partial charge in [0, 0.05) is 34.6 Å². The zero-order chi connectivity index (χ0) is 19.6. The molecule has 3 heterocycles. The number of allylic oxidation sites excluding steroid dienone is 2. The Morgan fingerprint density at radius 3 is 2.63 bits per heavy atom. The first-order valence-corrected chi connectivity index (χ1v) is 9.20. The van der Waals surface area contributed by atoms with Crippen molar-refractivity contribution in [2.24, 2.45) is 0 Å². The van der Waals surface area contributed by atoms with Crippen molar-refractivity contribution in [3.05, 3.63) is 76.5 Å². The summed E-state index contributed by atoms with van der Waals surface area (Å²) in [7, 11) is 0. The molecule has 0 unspecified atom stereocenters. The number of rotatable bonds is 5. The second-order valence-electron chi connectivity index (χ2n) is 6.17. The van der Waals surface area contributed by atoms with Crippen LogP contribution in [0.2, 0.25) is 0 Å². The van der Waals surface area contributed by atoms with Crippen molar-refractivity contribution >= 4 is 28.6 Å². The van der Waals surface area contributed by atoms with E-state index < -0.39 is 0 Å². The smallest absolute Gasteiger partial charge is 0.258 e. The molecule has 136 valence electrons. The van der Waals surface area contributed by atoms with Gasteiger partial charge in [-0.1, -0.05) is 19.2 Å². The van der Waals surface area contributed by atoms with Gasteiger partial charge in [0.05, 0.1) is 11.3 Å². The summed E-state index contributed by atoms with van der Waals surface area (Å²) >= 11 is 1.57. The largest absolute Gasteiger partial charge is 0.307 e. The van der Waals surface area contributed by atoms with E-state index in [0.717, 1.165) is 37.8 Å². The number of thiazole rings is 1. The average molecular weight is 376 g/mol. The quantitative estimate of drug-likeness (QED) is 0.638. The number of hydrogen-bond acceptors (Lipinski definition) is 5. The molecule has 0 atom stereocenters. The Morgan fingerprint density at radius 1 is 1.19 bits per heavy atom. The average Bonchev–Trinajstić information content (AvgIpc) is 3.05. The summed E-state index contributed by atoms with van der Waals surface area (Å²) in [6, 6.07) is 3.67. The maximum atomic E-state index is 12.5. The number of carbonyl (C=O) groups is 1. The van der Waals surface area contributed by atoms with Crippen LogP contribution in [0.3, 0.4) is 0 Å². The van der Waals surface area contributed by atoms with Gasteiger partial charge in [0.15, 0.2) is 0 Å². The molecule has 6 heteroatoms. The lowest BCUT2D eigenvalue weighted by Crippen LogP contribution is -2.15. The zero-order valence-corrected chi connectivity index (χ0v) is 16.4. The van der Waals surface area contributed by atoms with Gasteiger partial charge in [-0.15, -0.1) is 11.3 Å². The zero-order valence-electron chi connectivity index (χ0n) is 15.5. The third-order valence-corrected chi connectivity index (χ3v) is 5.35. The number of anilines is 1. The van der Waals surface area contributed by atoms with Crippen molar-refractivity contribution in [1.82, 2.24) is 15.0 Å². The number of aromatic nitrogens is 3. The second kappa shape index (κ2) is 7.63. The van der Waals surface area contributed by atoms with E-state index in [2.05, 4.69) is 33.4 Å². The lowest BCUT2D eigenvalue weighted by atomic mass is 10.1. The van der Waals surface area contributed by atoms with Gasteiger partial charge in [0.2, 0.25) is 0 Å². The molecule has 27 heavy (non-hydrogen) atoms. The van der Waals surface area contributed by atoms with Crippen LogP contribution in [0.1, 0.15) is 31.4 Å². The van der Waals surface area contributed by atoms with Gasteiger partial charge in [-0.3, -0.25) is 9.78 Å². The summed E-state index contributed by atoms with van der Waals surface area (Å²) in [5.74, 6) is 0.256.